The van der Waals surface area contributed by atoms with E-state index in [1.165, 1.54) is 24.3 Å². The van der Waals surface area contributed by atoms with Gasteiger partial charge in [0.15, 0.2) is 0 Å². The Balaban J connectivity index is 2.12. The first-order valence-electron chi connectivity index (χ1n) is 6.90. The lowest BCUT2D eigenvalue weighted by molar-refractivity contribution is 0.0749. The van der Waals surface area contributed by atoms with E-state index in [-0.39, 0.29) is 11.9 Å². The third-order valence-corrected chi connectivity index (χ3v) is 3.78. The quantitative estimate of drug-likeness (QED) is 0.862. The summed E-state index contributed by atoms with van der Waals surface area (Å²) in [6.45, 7) is 2.54. The fraction of sp³-hybridized carbons (Fsp3) is 0.250. The molecule has 21 heavy (non-hydrogen) atoms. The van der Waals surface area contributed by atoms with Gasteiger partial charge in [0, 0.05) is 18.0 Å². The Morgan fingerprint density at radius 3 is 3.00 bits per heavy atom. The second kappa shape index (κ2) is 5.16. The lowest BCUT2D eigenvalue weighted by Gasteiger charge is -2.24. The lowest BCUT2D eigenvalue weighted by Crippen LogP contribution is -2.36. The molecule has 1 aromatic heterocycles. The highest BCUT2D eigenvalue weighted by Crippen LogP contribution is 2.21. The summed E-state index contributed by atoms with van der Waals surface area (Å²) in [5, 5.41) is 0.558. The van der Waals surface area contributed by atoms with E-state index in [1.807, 2.05) is 19.1 Å². The first-order chi connectivity index (χ1) is 10.1. The van der Waals surface area contributed by atoms with Crippen LogP contribution in [-0.4, -0.2) is 28.4 Å². The highest BCUT2D eigenvalue weighted by Gasteiger charge is 2.25. The molecule has 0 radical (unpaired) electrons. The minimum atomic E-state index is -0.447. The van der Waals surface area contributed by atoms with Crippen molar-refractivity contribution in [1.82, 2.24) is 9.88 Å². The maximum Gasteiger partial charge on any atom is 0.255 e. The van der Waals surface area contributed by atoms with Crippen LogP contribution in [0.15, 0.2) is 41.2 Å². The molecule has 1 aliphatic rings. The smallest absolute Gasteiger partial charge is 0.255 e. The Bertz CT molecular complexity index is 794. The number of carbonyl (C=O) groups excluding carboxylic acids is 1. The Morgan fingerprint density at radius 1 is 1.43 bits per heavy atom. The summed E-state index contributed by atoms with van der Waals surface area (Å²) in [6.07, 6.45) is 4.76. The molecule has 1 atom stereocenters. The van der Waals surface area contributed by atoms with Gasteiger partial charge in [-0.15, -0.1) is 0 Å². The number of nitrogens with zero attached hydrogens (tertiary/aromatic N) is 1. The molecule has 1 amide bonds. The standard InChI is InChI=1S/C16H15FN2O2/c1-2-11-4-3-7-19(11)16(21)13-9-15(20)18-14-8-10(17)5-6-12(13)14/h3-6,8-9,11H,2,7H2,1H3,(H,18,20)/t11-/m1/s1. The van der Waals surface area contributed by atoms with E-state index in [2.05, 4.69) is 4.98 Å². The predicted octanol–water partition coefficient (Wildman–Crippen LogP) is 2.46. The molecular formula is C16H15FN2O2. The number of rotatable bonds is 2. The van der Waals surface area contributed by atoms with Gasteiger partial charge < -0.3 is 9.88 Å². The van der Waals surface area contributed by atoms with E-state index in [4.69, 9.17) is 0 Å². The molecule has 1 aromatic carbocycles. The summed E-state index contributed by atoms with van der Waals surface area (Å²) in [5.41, 5.74) is 0.249. The number of hydrogen-bond donors (Lipinski definition) is 1. The molecular weight excluding hydrogens is 271 g/mol. The maximum atomic E-state index is 13.3. The number of hydrogen-bond acceptors (Lipinski definition) is 2. The van der Waals surface area contributed by atoms with E-state index in [1.54, 1.807) is 4.90 Å². The van der Waals surface area contributed by atoms with Crippen molar-refractivity contribution in [2.45, 2.75) is 19.4 Å². The lowest BCUT2D eigenvalue weighted by atomic mass is 10.1. The minimum Gasteiger partial charge on any atom is -0.328 e. The van der Waals surface area contributed by atoms with Gasteiger partial charge in [-0.25, -0.2) is 4.39 Å². The molecule has 0 spiro atoms. The van der Waals surface area contributed by atoms with Crippen LogP contribution < -0.4 is 5.56 Å². The normalized spacial score (nSPS) is 17.6. The van der Waals surface area contributed by atoms with Gasteiger partial charge in [0.25, 0.3) is 5.91 Å². The molecule has 108 valence electrons. The molecule has 0 unspecified atom stereocenters. The van der Waals surface area contributed by atoms with Gasteiger partial charge in [-0.1, -0.05) is 19.1 Å². The number of H-pyrrole nitrogens is 1. The molecule has 4 nitrogen and oxygen atoms in total. The summed E-state index contributed by atoms with van der Waals surface area (Å²) in [7, 11) is 0. The van der Waals surface area contributed by atoms with Crippen molar-refractivity contribution in [3.8, 4) is 0 Å². The van der Waals surface area contributed by atoms with Crippen molar-refractivity contribution in [3.05, 3.63) is 58.2 Å². The number of pyridine rings is 1. The average Bonchev–Trinajstić information content (AvgIpc) is 2.93. The van der Waals surface area contributed by atoms with Crippen LogP contribution in [0.1, 0.15) is 23.7 Å². The first kappa shape index (κ1) is 13.5. The zero-order chi connectivity index (χ0) is 15.0. The van der Waals surface area contributed by atoms with Gasteiger partial charge in [-0.05, 0) is 24.6 Å². The van der Waals surface area contributed by atoms with Gasteiger partial charge in [0.2, 0.25) is 5.56 Å². The Labute approximate surface area is 120 Å². The second-order valence-corrected chi connectivity index (χ2v) is 5.10. The van der Waals surface area contributed by atoms with Crippen LogP contribution in [0.2, 0.25) is 0 Å². The van der Waals surface area contributed by atoms with Gasteiger partial charge in [-0.2, -0.15) is 0 Å². The van der Waals surface area contributed by atoms with Gasteiger partial charge in [0.05, 0.1) is 17.1 Å². The van der Waals surface area contributed by atoms with E-state index in [9.17, 15) is 14.0 Å². The van der Waals surface area contributed by atoms with Crippen molar-refractivity contribution in [2.75, 3.05) is 6.54 Å². The zero-order valence-electron chi connectivity index (χ0n) is 11.6. The van der Waals surface area contributed by atoms with Crippen LogP contribution in [0, 0.1) is 5.82 Å². The van der Waals surface area contributed by atoms with E-state index >= 15 is 0 Å². The van der Waals surface area contributed by atoms with Crippen molar-refractivity contribution >= 4 is 16.8 Å². The highest BCUT2D eigenvalue weighted by atomic mass is 19.1. The summed E-state index contributed by atoms with van der Waals surface area (Å²) in [6, 6.07) is 5.38. The summed E-state index contributed by atoms with van der Waals surface area (Å²) < 4.78 is 13.3. The van der Waals surface area contributed by atoms with Crippen molar-refractivity contribution in [3.63, 3.8) is 0 Å². The largest absolute Gasteiger partial charge is 0.328 e. The first-order valence-corrected chi connectivity index (χ1v) is 6.90. The van der Waals surface area contributed by atoms with Gasteiger partial charge >= 0.3 is 0 Å². The molecule has 0 saturated carbocycles. The zero-order valence-corrected chi connectivity index (χ0v) is 11.6. The maximum absolute atomic E-state index is 13.3. The SMILES string of the molecule is CC[C@@H]1C=CCN1C(=O)c1cc(=O)[nH]c2cc(F)ccc12. The number of halogens is 1. The van der Waals surface area contributed by atoms with Crippen molar-refractivity contribution < 1.29 is 9.18 Å². The Kier molecular flexibility index (Phi) is 3.33. The number of carbonyl (C=O) groups is 1. The molecule has 2 heterocycles. The molecule has 0 fully saturated rings. The van der Waals surface area contributed by atoms with Crippen LogP contribution in [0.4, 0.5) is 4.39 Å². The summed E-state index contributed by atoms with van der Waals surface area (Å²) in [4.78, 5) is 28.7. The Hall–Kier alpha value is -2.43. The predicted molar refractivity (Wildman–Crippen MR) is 78.8 cm³/mol. The average molecular weight is 286 g/mol. The molecule has 0 aliphatic carbocycles. The molecule has 0 saturated heterocycles. The third-order valence-electron chi connectivity index (χ3n) is 3.78. The monoisotopic (exact) mass is 286 g/mol. The van der Waals surface area contributed by atoms with Gasteiger partial charge in [-0.3, -0.25) is 9.59 Å². The topological polar surface area (TPSA) is 53.2 Å². The molecule has 5 heteroatoms. The summed E-state index contributed by atoms with van der Waals surface area (Å²) >= 11 is 0. The van der Waals surface area contributed by atoms with Crippen LogP contribution >= 0.6 is 0 Å². The van der Waals surface area contributed by atoms with Crippen molar-refractivity contribution in [2.24, 2.45) is 0 Å². The number of fused-ring (bicyclic) bond motifs is 1. The number of benzene rings is 1. The van der Waals surface area contributed by atoms with Gasteiger partial charge in [0.1, 0.15) is 5.82 Å². The molecule has 3 rings (SSSR count). The molecule has 1 N–H and O–H groups in total. The number of aromatic nitrogens is 1. The number of nitrogens with one attached hydrogen (secondary N) is 1. The van der Waals surface area contributed by atoms with Crippen LogP contribution in [0.25, 0.3) is 10.9 Å². The molecule has 1 aliphatic heterocycles. The molecule has 2 aromatic rings. The van der Waals surface area contributed by atoms with Crippen LogP contribution in [0.3, 0.4) is 0 Å². The number of amides is 1. The third kappa shape index (κ3) is 2.35. The number of aromatic amines is 1. The fourth-order valence-electron chi connectivity index (χ4n) is 2.72. The van der Waals surface area contributed by atoms with Crippen LogP contribution in [0.5, 0.6) is 0 Å². The fourth-order valence-corrected chi connectivity index (χ4v) is 2.72. The summed E-state index contributed by atoms with van der Waals surface area (Å²) in [5.74, 6) is -0.647. The highest BCUT2D eigenvalue weighted by molar-refractivity contribution is 6.06. The Morgan fingerprint density at radius 2 is 2.24 bits per heavy atom. The van der Waals surface area contributed by atoms with E-state index in [0.29, 0.717) is 23.0 Å². The van der Waals surface area contributed by atoms with E-state index in [0.717, 1.165) is 6.42 Å². The molecule has 0 bridgehead atoms. The van der Waals surface area contributed by atoms with E-state index < -0.39 is 11.4 Å². The van der Waals surface area contributed by atoms with Crippen LogP contribution in [-0.2, 0) is 0 Å². The van der Waals surface area contributed by atoms with Crippen molar-refractivity contribution in [1.29, 1.82) is 0 Å². The second-order valence-electron chi connectivity index (χ2n) is 5.10. The minimum absolute atomic E-state index is 0.0484.